The Hall–Kier alpha value is -7.50. The van der Waals surface area contributed by atoms with Crippen LogP contribution in [0.5, 0.6) is 0 Å². The highest BCUT2D eigenvalue weighted by Crippen LogP contribution is 2.40. The second-order valence-electron chi connectivity index (χ2n) is 13.8. The number of rotatable bonds is 7. The number of aromatic nitrogens is 4. The lowest BCUT2D eigenvalue weighted by atomic mass is 9.98. The van der Waals surface area contributed by atoms with Gasteiger partial charge in [0.05, 0.1) is 11.0 Å². The average molecular weight is 721 g/mol. The van der Waals surface area contributed by atoms with Crippen LogP contribution >= 0.6 is 0 Å². The molecule has 0 aliphatic rings. The molecule has 0 atom stereocenters. The standard InChI is InChI=1S/C51H33FN4/c52-41-23-13-22-40(30-41)43-27-26-42(33-46(43)51-54-49(36-18-9-3-10-19-36)53-50(55-51)37-20-11-4-12-21-37)56-47-28-24-38(34-14-5-1-6-15-34)31-44(47)45-32-39(25-29-48(45)56)35-16-7-2-8-17-35/h1-33H. The molecule has 0 N–H and O–H groups in total. The lowest BCUT2D eigenvalue weighted by Gasteiger charge is -2.16. The molecule has 264 valence electrons. The Morgan fingerprint density at radius 1 is 0.321 bits per heavy atom. The van der Waals surface area contributed by atoms with Crippen LogP contribution in [0.4, 0.5) is 4.39 Å². The monoisotopic (exact) mass is 720 g/mol. The Balaban J connectivity index is 1.24. The van der Waals surface area contributed by atoms with E-state index in [0.29, 0.717) is 17.5 Å². The maximum atomic E-state index is 14.9. The topological polar surface area (TPSA) is 43.6 Å². The van der Waals surface area contributed by atoms with Gasteiger partial charge in [-0.15, -0.1) is 0 Å². The van der Waals surface area contributed by atoms with Crippen LogP contribution in [0.1, 0.15) is 0 Å². The fourth-order valence-corrected chi connectivity index (χ4v) is 7.61. The predicted molar refractivity (Wildman–Crippen MR) is 227 cm³/mol. The maximum absolute atomic E-state index is 14.9. The Bertz CT molecular complexity index is 2860. The molecule has 5 heteroatoms. The number of hydrogen-bond acceptors (Lipinski definition) is 3. The van der Waals surface area contributed by atoms with Crippen LogP contribution in [0.2, 0.25) is 0 Å². The molecule has 0 aliphatic heterocycles. The molecule has 0 bridgehead atoms. The molecule has 0 saturated heterocycles. The number of halogens is 1. The number of nitrogens with zero attached hydrogens (tertiary/aromatic N) is 4. The summed E-state index contributed by atoms with van der Waals surface area (Å²) in [6, 6.07) is 67.3. The highest BCUT2D eigenvalue weighted by Gasteiger charge is 2.20. The second kappa shape index (κ2) is 14.0. The molecule has 0 aliphatic carbocycles. The van der Waals surface area contributed by atoms with Crippen molar-refractivity contribution in [1.29, 1.82) is 0 Å². The summed E-state index contributed by atoms with van der Waals surface area (Å²) in [7, 11) is 0. The SMILES string of the molecule is Fc1cccc(-c2ccc(-n3c4ccc(-c5ccccc5)cc4c4cc(-c5ccccc5)ccc43)cc2-c2nc(-c3ccccc3)nc(-c3ccccc3)n2)c1. The summed E-state index contributed by atoms with van der Waals surface area (Å²) in [4.78, 5) is 15.2. The lowest BCUT2D eigenvalue weighted by Crippen LogP contribution is -2.02. The van der Waals surface area contributed by atoms with Crippen molar-refractivity contribution in [1.82, 2.24) is 19.5 Å². The summed E-state index contributed by atoms with van der Waals surface area (Å²) in [5, 5.41) is 2.29. The summed E-state index contributed by atoms with van der Waals surface area (Å²) < 4.78 is 17.2. The normalized spacial score (nSPS) is 11.3. The van der Waals surface area contributed by atoms with Crippen LogP contribution in [-0.4, -0.2) is 19.5 Å². The van der Waals surface area contributed by atoms with Crippen molar-refractivity contribution in [2.45, 2.75) is 0 Å². The highest BCUT2D eigenvalue weighted by atomic mass is 19.1. The molecular formula is C51H33FN4. The van der Waals surface area contributed by atoms with Gasteiger partial charge in [-0.25, -0.2) is 19.3 Å². The van der Waals surface area contributed by atoms with Gasteiger partial charge in [0, 0.05) is 33.2 Å². The molecule has 0 unspecified atom stereocenters. The third-order valence-corrected chi connectivity index (χ3v) is 10.3. The lowest BCUT2D eigenvalue weighted by molar-refractivity contribution is 0.628. The Morgan fingerprint density at radius 2 is 0.786 bits per heavy atom. The molecule has 0 fully saturated rings. The van der Waals surface area contributed by atoms with Gasteiger partial charge in [0.25, 0.3) is 0 Å². The average Bonchev–Trinajstić information content (AvgIpc) is 3.60. The van der Waals surface area contributed by atoms with Crippen LogP contribution in [0.15, 0.2) is 200 Å². The molecule has 0 radical (unpaired) electrons. The van der Waals surface area contributed by atoms with Crippen molar-refractivity contribution in [3.63, 3.8) is 0 Å². The zero-order chi connectivity index (χ0) is 37.4. The van der Waals surface area contributed by atoms with Crippen LogP contribution in [0, 0.1) is 5.82 Å². The molecule has 0 saturated carbocycles. The van der Waals surface area contributed by atoms with Crippen LogP contribution in [0.25, 0.3) is 95.0 Å². The van der Waals surface area contributed by atoms with Crippen molar-refractivity contribution in [3.05, 3.63) is 206 Å². The first-order valence-electron chi connectivity index (χ1n) is 18.6. The number of fused-ring (bicyclic) bond motifs is 3. The smallest absolute Gasteiger partial charge is 0.164 e. The molecule has 2 aromatic heterocycles. The fraction of sp³-hybridized carbons (Fsp3) is 0. The molecule has 2 heterocycles. The second-order valence-corrected chi connectivity index (χ2v) is 13.8. The van der Waals surface area contributed by atoms with Crippen molar-refractivity contribution in [2.24, 2.45) is 0 Å². The molecule has 4 nitrogen and oxygen atoms in total. The highest BCUT2D eigenvalue weighted by molar-refractivity contribution is 6.11. The largest absolute Gasteiger partial charge is 0.309 e. The zero-order valence-corrected chi connectivity index (χ0v) is 30.2. The minimum atomic E-state index is -0.311. The van der Waals surface area contributed by atoms with E-state index in [2.05, 4.69) is 108 Å². The summed E-state index contributed by atoms with van der Waals surface area (Å²) in [5.74, 6) is 1.30. The summed E-state index contributed by atoms with van der Waals surface area (Å²) in [6.45, 7) is 0. The Labute approximate surface area is 323 Å². The van der Waals surface area contributed by atoms with E-state index >= 15 is 0 Å². The Morgan fingerprint density at radius 3 is 1.29 bits per heavy atom. The predicted octanol–water partition coefficient (Wildman–Crippen LogP) is 13.1. The third-order valence-electron chi connectivity index (χ3n) is 10.3. The maximum Gasteiger partial charge on any atom is 0.164 e. The molecule has 10 aromatic rings. The van der Waals surface area contributed by atoms with Gasteiger partial charge in [0.2, 0.25) is 0 Å². The summed E-state index contributed by atoms with van der Waals surface area (Å²) in [6.07, 6.45) is 0. The van der Waals surface area contributed by atoms with Crippen molar-refractivity contribution in [3.8, 4) is 73.2 Å². The van der Waals surface area contributed by atoms with E-state index in [1.807, 2.05) is 78.9 Å². The van der Waals surface area contributed by atoms with Crippen molar-refractivity contribution in [2.75, 3.05) is 0 Å². The molecule has 0 spiro atoms. The van der Waals surface area contributed by atoms with Gasteiger partial charge in [-0.1, -0.05) is 152 Å². The summed E-state index contributed by atoms with van der Waals surface area (Å²) >= 11 is 0. The Kier molecular flexibility index (Phi) is 8.30. The molecule has 56 heavy (non-hydrogen) atoms. The first kappa shape index (κ1) is 33.1. The summed E-state index contributed by atoms with van der Waals surface area (Å²) in [5.41, 5.74) is 11.8. The van der Waals surface area contributed by atoms with Gasteiger partial charge in [0.1, 0.15) is 5.82 Å². The van der Waals surface area contributed by atoms with Crippen molar-refractivity contribution >= 4 is 21.8 Å². The van der Waals surface area contributed by atoms with Gasteiger partial charge in [-0.2, -0.15) is 0 Å². The van der Waals surface area contributed by atoms with E-state index < -0.39 is 0 Å². The van der Waals surface area contributed by atoms with Gasteiger partial charge in [-0.05, 0) is 81.9 Å². The quantitative estimate of drug-likeness (QED) is 0.165. The first-order chi connectivity index (χ1) is 27.7. The minimum Gasteiger partial charge on any atom is -0.309 e. The van der Waals surface area contributed by atoms with E-state index in [9.17, 15) is 4.39 Å². The van der Waals surface area contributed by atoms with E-state index in [-0.39, 0.29) is 5.82 Å². The van der Waals surface area contributed by atoms with Crippen molar-refractivity contribution < 1.29 is 4.39 Å². The number of benzene rings is 8. The zero-order valence-electron chi connectivity index (χ0n) is 30.2. The third kappa shape index (κ3) is 6.11. The molecule has 10 rings (SSSR count). The van der Waals surface area contributed by atoms with E-state index in [1.54, 1.807) is 12.1 Å². The molecule has 0 amide bonds. The molecule has 8 aromatic carbocycles. The first-order valence-corrected chi connectivity index (χ1v) is 18.6. The number of hydrogen-bond donors (Lipinski definition) is 0. The molecular weight excluding hydrogens is 688 g/mol. The van der Waals surface area contributed by atoms with Gasteiger partial charge < -0.3 is 4.57 Å². The van der Waals surface area contributed by atoms with Gasteiger partial charge in [0.15, 0.2) is 17.5 Å². The minimum absolute atomic E-state index is 0.311. The fourth-order valence-electron chi connectivity index (χ4n) is 7.61. The van der Waals surface area contributed by atoms with Gasteiger partial charge >= 0.3 is 0 Å². The van der Waals surface area contributed by atoms with E-state index in [0.717, 1.165) is 77.6 Å². The van der Waals surface area contributed by atoms with Crippen LogP contribution in [0.3, 0.4) is 0 Å². The van der Waals surface area contributed by atoms with E-state index in [4.69, 9.17) is 15.0 Å². The van der Waals surface area contributed by atoms with Crippen LogP contribution in [-0.2, 0) is 0 Å². The van der Waals surface area contributed by atoms with E-state index in [1.165, 1.54) is 6.07 Å². The van der Waals surface area contributed by atoms with Crippen LogP contribution < -0.4 is 0 Å². The van der Waals surface area contributed by atoms with Gasteiger partial charge in [-0.3, -0.25) is 0 Å².